The van der Waals surface area contributed by atoms with Crippen molar-refractivity contribution in [3.8, 4) is 5.75 Å². The molecule has 0 saturated heterocycles. The summed E-state index contributed by atoms with van der Waals surface area (Å²) < 4.78 is 5.73. The molecule has 2 unspecified atom stereocenters. The van der Waals surface area contributed by atoms with Crippen LogP contribution in [0.4, 0.5) is 0 Å². The first-order valence-corrected chi connectivity index (χ1v) is 11.1. The van der Waals surface area contributed by atoms with E-state index in [0.29, 0.717) is 24.7 Å². The molecule has 5 nitrogen and oxygen atoms in total. The van der Waals surface area contributed by atoms with Crippen molar-refractivity contribution in [2.45, 2.75) is 25.2 Å². The van der Waals surface area contributed by atoms with Gasteiger partial charge in [-0.1, -0.05) is 77.4 Å². The third-order valence-electron chi connectivity index (χ3n) is 5.25. The highest BCUT2D eigenvalue weighted by Gasteiger charge is 2.26. The number of aliphatic hydroxyl groups is 1. The SMILES string of the molecule is OC(COc1ccccc1)CN(Cc1cccc(Cl)c1)CC1CC(c2ccccc2)=NO1. The van der Waals surface area contributed by atoms with Crippen molar-refractivity contribution in [1.82, 2.24) is 4.90 Å². The van der Waals surface area contributed by atoms with Gasteiger partial charge in [0.25, 0.3) is 0 Å². The van der Waals surface area contributed by atoms with Crippen LogP contribution in [0.2, 0.25) is 5.02 Å². The van der Waals surface area contributed by atoms with Crippen LogP contribution in [-0.2, 0) is 11.4 Å². The molecule has 1 aliphatic heterocycles. The van der Waals surface area contributed by atoms with Gasteiger partial charge in [-0.05, 0) is 35.4 Å². The van der Waals surface area contributed by atoms with Crippen LogP contribution >= 0.6 is 11.6 Å². The summed E-state index contributed by atoms with van der Waals surface area (Å²) in [6.07, 6.45) is 0.00378. The molecule has 0 amide bonds. The largest absolute Gasteiger partial charge is 0.491 e. The molecule has 6 heteroatoms. The zero-order chi connectivity index (χ0) is 22.2. The number of aliphatic hydroxyl groups excluding tert-OH is 1. The molecular weight excluding hydrogens is 424 g/mol. The molecule has 1 heterocycles. The van der Waals surface area contributed by atoms with Gasteiger partial charge >= 0.3 is 0 Å². The summed E-state index contributed by atoms with van der Waals surface area (Å²) in [6, 6.07) is 27.4. The molecule has 0 radical (unpaired) electrons. The summed E-state index contributed by atoms with van der Waals surface area (Å²) >= 11 is 6.18. The Morgan fingerprint density at radius 3 is 2.53 bits per heavy atom. The summed E-state index contributed by atoms with van der Waals surface area (Å²) in [5, 5.41) is 15.7. The predicted octanol–water partition coefficient (Wildman–Crippen LogP) is 4.78. The predicted molar refractivity (Wildman–Crippen MR) is 127 cm³/mol. The number of benzene rings is 3. The summed E-state index contributed by atoms with van der Waals surface area (Å²) in [7, 11) is 0. The van der Waals surface area contributed by atoms with Crippen molar-refractivity contribution in [3.05, 3.63) is 101 Å². The lowest BCUT2D eigenvalue weighted by molar-refractivity contribution is 0.0213. The van der Waals surface area contributed by atoms with Crippen LogP contribution in [0.1, 0.15) is 17.5 Å². The minimum atomic E-state index is -0.648. The first kappa shape index (κ1) is 22.3. The molecule has 0 saturated carbocycles. The number of rotatable bonds is 10. The van der Waals surface area contributed by atoms with Crippen molar-refractivity contribution in [2.75, 3.05) is 19.7 Å². The van der Waals surface area contributed by atoms with E-state index in [9.17, 15) is 5.11 Å². The monoisotopic (exact) mass is 450 g/mol. The molecule has 1 aliphatic rings. The molecule has 3 aromatic rings. The van der Waals surface area contributed by atoms with E-state index in [1.54, 1.807) is 0 Å². The average molecular weight is 451 g/mol. The van der Waals surface area contributed by atoms with Crippen LogP contribution in [0.25, 0.3) is 0 Å². The number of halogens is 1. The molecule has 1 N–H and O–H groups in total. The van der Waals surface area contributed by atoms with Crippen LogP contribution in [-0.4, -0.2) is 47.6 Å². The highest BCUT2D eigenvalue weighted by atomic mass is 35.5. The molecule has 32 heavy (non-hydrogen) atoms. The summed E-state index contributed by atoms with van der Waals surface area (Å²) in [4.78, 5) is 7.90. The van der Waals surface area contributed by atoms with Gasteiger partial charge in [0.05, 0.1) is 5.71 Å². The summed E-state index contributed by atoms with van der Waals surface area (Å²) in [6.45, 7) is 1.94. The van der Waals surface area contributed by atoms with Gasteiger partial charge in [0.15, 0.2) is 0 Å². The van der Waals surface area contributed by atoms with Crippen LogP contribution in [0, 0.1) is 0 Å². The second-order valence-corrected chi connectivity index (χ2v) is 8.37. The van der Waals surface area contributed by atoms with Gasteiger partial charge in [-0.25, -0.2) is 0 Å². The third-order valence-corrected chi connectivity index (χ3v) is 5.49. The highest BCUT2D eigenvalue weighted by molar-refractivity contribution is 6.30. The Morgan fingerprint density at radius 2 is 1.78 bits per heavy atom. The van der Waals surface area contributed by atoms with E-state index in [1.165, 1.54) is 0 Å². The molecule has 2 atom stereocenters. The number of ether oxygens (including phenoxy) is 1. The number of hydrogen-bond acceptors (Lipinski definition) is 5. The van der Waals surface area contributed by atoms with Crippen molar-refractivity contribution in [3.63, 3.8) is 0 Å². The maximum absolute atomic E-state index is 10.7. The molecule has 166 valence electrons. The normalized spacial score (nSPS) is 16.5. The Morgan fingerprint density at radius 1 is 1.03 bits per heavy atom. The molecule has 3 aromatic carbocycles. The number of oxime groups is 1. The fraction of sp³-hybridized carbons (Fsp3) is 0.269. The molecule has 0 fully saturated rings. The van der Waals surface area contributed by atoms with Crippen LogP contribution in [0.3, 0.4) is 0 Å². The molecule has 0 spiro atoms. The van der Waals surface area contributed by atoms with Gasteiger partial charge in [-0.15, -0.1) is 0 Å². The smallest absolute Gasteiger partial charge is 0.145 e. The van der Waals surface area contributed by atoms with Crippen LogP contribution < -0.4 is 4.74 Å². The van der Waals surface area contributed by atoms with Gasteiger partial charge in [-0.2, -0.15) is 0 Å². The molecule has 4 rings (SSSR count). The van der Waals surface area contributed by atoms with Crippen molar-refractivity contribution >= 4 is 17.3 Å². The Bertz CT molecular complexity index is 1010. The van der Waals surface area contributed by atoms with Gasteiger partial charge in [-0.3, -0.25) is 4.90 Å². The Hall–Kier alpha value is -2.86. The number of hydrogen-bond donors (Lipinski definition) is 1. The van der Waals surface area contributed by atoms with E-state index in [2.05, 4.69) is 10.1 Å². The van der Waals surface area contributed by atoms with Crippen LogP contribution in [0.5, 0.6) is 5.75 Å². The van der Waals surface area contributed by atoms with Crippen molar-refractivity contribution in [2.24, 2.45) is 5.16 Å². The highest BCUT2D eigenvalue weighted by Crippen LogP contribution is 2.20. The molecular formula is C26H27ClN2O3. The molecule has 0 aliphatic carbocycles. The van der Waals surface area contributed by atoms with Crippen molar-refractivity contribution < 1.29 is 14.7 Å². The van der Waals surface area contributed by atoms with Gasteiger partial charge in [0, 0.05) is 31.1 Å². The topological polar surface area (TPSA) is 54.3 Å². The Labute approximate surface area is 193 Å². The number of nitrogens with zero attached hydrogens (tertiary/aromatic N) is 2. The summed E-state index contributed by atoms with van der Waals surface area (Å²) in [5.74, 6) is 0.743. The van der Waals surface area contributed by atoms with Crippen LogP contribution in [0.15, 0.2) is 90.1 Å². The van der Waals surface area contributed by atoms with E-state index in [1.807, 2.05) is 84.9 Å². The van der Waals surface area contributed by atoms with E-state index in [0.717, 1.165) is 29.0 Å². The Kier molecular flexibility index (Phi) is 7.77. The number of para-hydroxylation sites is 1. The molecule has 0 bridgehead atoms. The summed E-state index contributed by atoms with van der Waals surface area (Å²) in [5.41, 5.74) is 3.11. The van der Waals surface area contributed by atoms with E-state index < -0.39 is 6.10 Å². The Balaban J connectivity index is 1.37. The minimum Gasteiger partial charge on any atom is -0.491 e. The standard InChI is InChI=1S/C26H27ClN2O3/c27-22-11-7-8-20(14-22)16-29(17-23(30)19-31-24-12-5-2-6-13-24)18-25-15-26(28-32-25)21-9-3-1-4-10-21/h1-14,23,25,30H,15-19H2. The quantitative estimate of drug-likeness (QED) is 0.483. The lowest BCUT2D eigenvalue weighted by atomic mass is 10.0. The zero-order valence-electron chi connectivity index (χ0n) is 17.8. The fourth-order valence-corrected chi connectivity index (χ4v) is 3.99. The lowest BCUT2D eigenvalue weighted by Crippen LogP contribution is -2.39. The average Bonchev–Trinajstić information content (AvgIpc) is 3.27. The first-order chi connectivity index (χ1) is 15.7. The third kappa shape index (κ3) is 6.57. The van der Waals surface area contributed by atoms with E-state index >= 15 is 0 Å². The second-order valence-electron chi connectivity index (χ2n) is 7.94. The first-order valence-electron chi connectivity index (χ1n) is 10.8. The van der Waals surface area contributed by atoms with Gasteiger partial charge in [0.1, 0.15) is 24.6 Å². The van der Waals surface area contributed by atoms with E-state index in [4.69, 9.17) is 21.2 Å². The van der Waals surface area contributed by atoms with E-state index in [-0.39, 0.29) is 12.7 Å². The molecule has 0 aromatic heterocycles. The van der Waals surface area contributed by atoms with Gasteiger partial charge in [0.2, 0.25) is 0 Å². The zero-order valence-corrected chi connectivity index (χ0v) is 18.6. The maximum atomic E-state index is 10.7. The maximum Gasteiger partial charge on any atom is 0.145 e. The fourth-order valence-electron chi connectivity index (χ4n) is 3.77. The van der Waals surface area contributed by atoms with Gasteiger partial charge < -0.3 is 14.7 Å². The lowest BCUT2D eigenvalue weighted by Gasteiger charge is -2.27. The second kappa shape index (κ2) is 11.1. The van der Waals surface area contributed by atoms with Crippen molar-refractivity contribution in [1.29, 1.82) is 0 Å². The minimum absolute atomic E-state index is 0.0772.